The van der Waals surface area contributed by atoms with Crippen LogP contribution in [0.25, 0.3) is 0 Å². The molecule has 371 valence electrons. The van der Waals surface area contributed by atoms with Crippen LogP contribution in [0.3, 0.4) is 0 Å². The van der Waals surface area contributed by atoms with E-state index >= 15 is 0 Å². The van der Waals surface area contributed by atoms with Gasteiger partial charge in [-0.2, -0.15) is 0 Å². The summed E-state index contributed by atoms with van der Waals surface area (Å²) in [7, 11) is 27.4. The molecule has 0 aromatic heterocycles. The molecule has 0 rings (SSSR count). The second-order valence-corrected chi connectivity index (χ2v) is 17.4. The van der Waals surface area contributed by atoms with E-state index < -0.39 is 63.0 Å². The fourth-order valence-electron chi connectivity index (χ4n) is 0.750. The summed E-state index contributed by atoms with van der Waals surface area (Å²) in [5, 5.41) is 91.0. The molecule has 0 atom stereocenters. The SMILES string of the molecule is CO.CO.CO.CO.CO.CO.CO.CO.CO.CO.CO.CO.CO.C[O][Sn]([O]C)[O]C.C[O][Sn]([O]C)[O]C.C[O][Sn]([O]C)[O]C.O.O.O.O.O.[Ce].[Ti].[Ti].[Ti].[Zr]. The first-order chi connectivity index (χ1) is 23.0. The van der Waals surface area contributed by atoms with Crippen molar-refractivity contribution in [2.24, 2.45) is 0 Å². The fourth-order valence-corrected chi connectivity index (χ4v) is 5.03. The first-order valence-corrected chi connectivity index (χ1v) is 21.8. The molecule has 0 heterocycles. The molecule has 0 amide bonds. The van der Waals surface area contributed by atoms with Gasteiger partial charge in [-0.05, 0) is 0 Å². The van der Waals surface area contributed by atoms with Crippen LogP contribution < -0.4 is 0 Å². The molecule has 0 spiro atoms. The molecule has 0 bridgehead atoms. The van der Waals surface area contributed by atoms with Gasteiger partial charge in [0.2, 0.25) is 0 Å². The van der Waals surface area contributed by atoms with Crippen LogP contribution in [0.4, 0.5) is 0 Å². The van der Waals surface area contributed by atoms with Crippen molar-refractivity contribution in [1.82, 2.24) is 0 Å². The maximum absolute atomic E-state index is 7.00. The van der Waals surface area contributed by atoms with Crippen molar-refractivity contribution in [2.45, 2.75) is 0 Å². The maximum Gasteiger partial charge on any atom is 0 e. The molecule has 0 aliphatic rings. The number of aliphatic hydroxyl groups is 13. The first-order valence-electron chi connectivity index (χ1n) is 11.3. The van der Waals surface area contributed by atoms with Crippen molar-refractivity contribution in [3.8, 4) is 0 Å². The Hall–Kier alpha value is 5.72. The Kier molecular flexibility index (Phi) is 1260. The molecule has 0 aromatic carbocycles. The zero-order chi connectivity index (χ0) is 43.1. The molecule has 27 nitrogen and oxygen atoms in total. The summed E-state index contributed by atoms with van der Waals surface area (Å²) in [5.41, 5.74) is 0. The average Bonchev–Trinajstić information content (AvgIpc) is 3.24. The Bertz CT molecular complexity index is 190. The Balaban J connectivity index is -0.00000000770. The van der Waals surface area contributed by atoms with E-state index in [9.17, 15) is 0 Å². The van der Waals surface area contributed by atoms with Crippen LogP contribution in [-0.4, -0.2) is 313 Å². The first kappa shape index (κ1) is 177. The zero-order valence-electron chi connectivity index (χ0n) is 38.0. The number of hydrogen-bond donors (Lipinski definition) is 13. The second-order valence-electron chi connectivity index (χ2n) is 2.59. The second kappa shape index (κ2) is 404. The van der Waals surface area contributed by atoms with Crippen LogP contribution in [0.1, 0.15) is 0 Å². The molecule has 57 heavy (non-hydrogen) atoms. The summed E-state index contributed by atoms with van der Waals surface area (Å²) in [6.45, 7) is 0. The Morgan fingerprint density at radius 3 is 0.246 bits per heavy atom. The minimum Gasteiger partial charge on any atom is -0.412 e. The van der Waals surface area contributed by atoms with E-state index in [0.29, 0.717) is 0 Å². The van der Waals surface area contributed by atoms with E-state index in [1.165, 1.54) is 0 Å². The third-order valence-corrected chi connectivity index (χ3v) is 10.1. The number of rotatable bonds is 9. The molecule has 0 aromatic rings. The Labute approximate surface area is 467 Å². The molecule has 0 fully saturated rings. The van der Waals surface area contributed by atoms with Gasteiger partial charge < -0.3 is 93.8 Å². The Morgan fingerprint density at radius 2 is 0.246 bits per heavy atom. The number of hydrogen-bond acceptors (Lipinski definition) is 22. The van der Waals surface area contributed by atoms with Crippen molar-refractivity contribution >= 4 is 63.0 Å². The number of aliphatic hydroxyl groups excluding tert-OH is 13. The van der Waals surface area contributed by atoms with Crippen LogP contribution in [0.2, 0.25) is 0 Å². The predicted octanol–water partition coefficient (Wildman–Crippen LogP) is -9.49. The summed E-state index contributed by atoms with van der Waals surface area (Å²) in [6, 6.07) is 0. The van der Waals surface area contributed by atoms with Gasteiger partial charge in [-0.25, -0.2) is 0 Å². The van der Waals surface area contributed by atoms with Crippen molar-refractivity contribution in [2.75, 3.05) is 156 Å². The van der Waals surface area contributed by atoms with Crippen LogP contribution in [-0.2, 0) is 119 Å². The normalized spacial score (nSPS) is 5.16. The molecule has 23 N–H and O–H groups in total. The molecule has 0 aliphatic heterocycles. The van der Waals surface area contributed by atoms with Gasteiger partial charge in [0.1, 0.15) is 0 Å². The minimum atomic E-state index is -2.15. The third kappa shape index (κ3) is 391. The summed E-state index contributed by atoms with van der Waals surface area (Å²) >= 11 is -6.46. The van der Waals surface area contributed by atoms with Gasteiger partial charge in [0, 0.05) is 226 Å². The van der Waals surface area contributed by atoms with E-state index in [0.717, 1.165) is 92.4 Å². The standard InChI is InChI=1S/13CH4O.9CH3O.Ce.5H2O.3Sn.3Ti.Zr/c22*1-2;;;;;;;;;;;;;/h13*2H,1H3;9*1H3;;5*1H2;;;;;;;/q;;;;;;;;;;;;;9*-1;;;;;;;3*+3;;;;. The van der Waals surface area contributed by atoms with Gasteiger partial charge in [0.25, 0.3) is 0 Å². The molecule has 0 aliphatic carbocycles. The van der Waals surface area contributed by atoms with E-state index in [4.69, 9.17) is 94.1 Å². The van der Waals surface area contributed by atoms with Crippen molar-refractivity contribution in [3.05, 3.63) is 0 Å². The minimum absolute atomic E-state index is 0. The molecule has 0 saturated heterocycles. The zero-order valence-corrected chi connectivity index (χ0v) is 56.8. The average molecular weight is 1520 g/mol. The van der Waals surface area contributed by atoms with Gasteiger partial charge in [0.15, 0.2) is 0 Å². The van der Waals surface area contributed by atoms with Crippen molar-refractivity contribution < 1.29 is 255 Å². The van der Waals surface area contributed by atoms with Crippen LogP contribution in [0.5, 0.6) is 0 Å². The van der Waals surface area contributed by atoms with E-state index in [2.05, 4.69) is 0 Å². The van der Waals surface area contributed by atoms with Crippen molar-refractivity contribution in [1.29, 1.82) is 0 Å². The van der Waals surface area contributed by atoms with Crippen LogP contribution in [0.15, 0.2) is 0 Å². The fraction of sp³-hybridized carbons (Fsp3) is 1.00. The van der Waals surface area contributed by atoms with Gasteiger partial charge in [-0.3, -0.25) is 0 Å². The monoisotopic (exact) mass is 1520 g/mol. The van der Waals surface area contributed by atoms with Gasteiger partial charge in [-0.15, -0.1) is 0 Å². The van der Waals surface area contributed by atoms with Crippen LogP contribution in [0, 0.1) is 41.7 Å². The molecule has 0 saturated carbocycles. The molecule has 3 radical (unpaired) electrons. The van der Waals surface area contributed by atoms with Gasteiger partial charge in [-0.1, -0.05) is 0 Å². The predicted molar refractivity (Wildman–Crippen MR) is 204 cm³/mol. The smallest absolute Gasteiger partial charge is 0 e. The molecule has 35 heteroatoms. The Morgan fingerprint density at radius 1 is 0.211 bits per heavy atom. The maximum atomic E-state index is 7.00. The van der Waals surface area contributed by atoms with Crippen molar-refractivity contribution in [3.63, 3.8) is 0 Å². The van der Waals surface area contributed by atoms with Gasteiger partial charge in [0.05, 0.1) is 0 Å². The quantitative estimate of drug-likeness (QED) is 0.0954. The molecular weight excluding hydrogens is 1430 g/mol. The third-order valence-electron chi connectivity index (χ3n) is 1.50. The summed E-state index contributed by atoms with van der Waals surface area (Å²) in [5.74, 6) is 0. The largest absolute Gasteiger partial charge is 0.412 e. The molecule has 0 unspecified atom stereocenters. The molecular formula is C22H89CeO27Sn3Ti3Zr. The summed E-state index contributed by atoms with van der Waals surface area (Å²) < 4.78 is 43.2. The van der Waals surface area contributed by atoms with E-state index in [1.807, 2.05) is 0 Å². The van der Waals surface area contributed by atoms with E-state index in [-0.39, 0.29) is 160 Å². The summed E-state index contributed by atoms with van der Waals surface area (Å²) in [6.07, 6.45) is 0. The topological polar surface area (TPSA) is 504 Å². The van der Waals surface area contributed by atoms with Gasteiger partial charge >= 0.3 is 155 Å². The summed E-state index contributed by atoms with van der Waals surface area (Å²) in [4.78, 5) is 0. The van der Waals surface area contributed by atoms with E-state index in [1.54, 1.807) is 64.0 Å². The van der Waals surface area contributed by atoms with Crippen LogP contribution >= 0.6 is 0 Å².